The van der Waals surface area contributed by atoms with Gasteiger partial charge in [0.2, 0.25) is 5.13 Å². The van der Waals surface area contributed by atoms with E-state index in [0.717, 1.165) is 0 Å². The molecule has 1 heterocycles. The monoisotopic (exact) mass is 236 g/mol. The van der Waals surface area contributed by atoms with Crippen molar-refractivity contribution >= 4 is 22.4 Å². The van der Waals surface area contributed by atoms with E-state index in [1.807, 2.05) is 0 Å². The zero-order chi connectivity index (χ0) is 11.5. The highest BCUT2D eigenvalue weighted by Crippen LogP contribution is 2.28. The lowest BCUT2D eigenvalue weighted by molar-refractivity contribution is -0.384. The molecule has 6 nitrogen and oxygen atoms in total. The molecule has 0 saturated heterocycles. The maximum atomic E-state index is 10.8. The molecule has 0 fully saturated rings. The zero-order valence-electron chi connectivity index (χ0n) is 8.38. The first-order valence-corrected chi connectivity index (χ1v) is 5.25. The Morgan fingerprint density at radius 3 is 2.81 bits per heavy atom. The van der Waals surface area contributed by atoms with Crippen LogP contribution in [0.15, 0.2) is 24.3 Å². The third-order valence-electron chi connectivity index (χ3n) is 1.98. The summed E-state index contributed by atoms with van der Waals surface area (Å²) in [4.78, 5) is 14.5. The van der Waals surface area contributed by atoms with Crippen LogP contribution >= 0.6 is 11.5 Å². The van der Waals surface area contributed by atoms with Gasteiger partial charge >= 0.3 is 0 Å². The maximum absolute atomic E-state index is 10.8. The van der Waals surface area contributed by atoms with Gasteiger partial charge in [0.05, 0.1) is 10.5 Å². The number of para-hydroxylation sites is 1. The molecule has 0 amide bonds. The number of nitro benzene ring substituents is 1. The molecule has 82 valence electrons. The Balaban J connectivity index is 2.50. The van der Waals surface area contributed by atoms with Crippen LogP contribution in [0.3, 0.4) is 0 Å². The second kappa shape index (κ2) is 4.23. The molecule has 0 unspecified atom stereocenters. The molecule has 7 heteroatoms. The molecule has 0 aliphatic heterocycles. The standard InChI is InChI=1S/C9H8N4O2S/c1-10-9-11-8(12-16-9)6-4-2-3-5-7(6)13(14)15/h2-5H,1H3,(H,10,11,12). The van der Waals surface area contributed by atoms with Gasteiger partial charge < -0.3 is 5.32 Å². The van der Waals surface area contributed by atoms with Gasteiger partial charge in [0.1, 0.15) is 0 Å². The maximum Gasteiger partial charge on any atom is 0.280 e. The summed E-state index contributed by atoms with van der Waals surface area (Å²) in [5.41, 5.74) is 0.452. The Labute approximate surface area is 95.3 Å². The third kappa shape index (κ3) is 1.84. The molecule has 0 spiro atoms. The number of hydrogen-bond acceptors (Lipinski definition) is 6. The van der Waals surface area contributed by atoms with Gasteiger partial charge in [-0.3, -0.25) is 10.1 Å². The SMILES string of the molecule is CNc1nc(-c2ccccc2[N+](=O)[O-])ns1. The van der Waals surface area contributed by atoms with Gasteiger partial charge in [0.25, 0.3) is 5.69 Å². The lowest BCUT2D eigenvalue weighted by Crippen LogP contribution is -1.93. The van der Waals surface area contributed by atoms with Crippen molar-refractivity contribution in [1.29, 1.82) is 0 Å². The molecule has 0 bridgehead atoms. The van der Waals surface area contributed by atoms with E-state index in [9.17, 15) is 10.1 Å². The molecule has 1 aromatic heterocycles. The number of aromatic nitrogens is 2. The number of benzene rings is 1. The Morgan fingerprint density at radius 2 is 2.19 bits per heavy atom. The molecule has 0 saturated carbocycles. The number of hydrogen-bond donors (Lipinski definition) is 1. The van der Waals surface area contributed by atoms with Crippen LogP contribution < -0.4 is 5.32 Å². The summed E-state index contributed by atoms with van der Waals surface area (Å²) < 4.78 is 4.06. The van der Waals surface area contributed by atoms with E-state index >= 15 is 0 Å². The average molecular weight is 236 g/mol. The van der Waals surface area contributed by atoms with E-state index < -0.39 is 4.92 Å². The molecule has 0 aliphatic carbocycles. The van der Waals surface area contributed by atoms with Crippen LogP contribution in [0.1, 0.15) is 0 Å². The number of nitro groups is 1. The van der Waals surface area contributed by atoms with Crippen LogP contribution in [0.25, 0.3) is 11.4 Å². The molecule has 0 atom stereocenters. The second-order valence-corrected chi connectivity index (χ2v) is 3.70. The fraction of sp³-hybridized carbons (Fsp3) is 0.111. The van der Waals surface area contributed by atoms with Crippen LogP contribution in [0.5, 0.6) is 0 Å². The minimum atomic E-state index is -0.435. The highest BCUT2D eigenvalue weighted by Gasteiger charge is 2.17. The minimum absolute atomic E-state index is 0.0166. The Kier molecular flexibility index (Phi) is 2.78. The van der Waals surface area contributed by atoms with E-state index in [1.54, 1.807) is 25.2 Å². The summed E-state index contributed by atoms with van der Waals surface area (Å²) in [7, 11) is 1.73. The van der Waals surface area contributed by atoms with Gasteiger partial charge in [-0.05, 0) is 6.07 Å². The summed E-state index contributed by atoms with van der Waals surface area (Å²) in [5, 5.41) is 14.3. The topological polar surface area (TPSA) is 81.0 Å². The van der Waals surface area contributed by atoms with Crippen LogP contribution in [-0.2, 0) is 0 Å². The first-order valence-electron chi connectivity index (χ1n) is 4.47. The fourth-order valence-electron chi connectivity index (χ4n) is 1.26. The van der Waals surface area contributed by atoms with Crippen LogP contribution in [0, 0.1) is 10.1 Å². The normalized spacial score (nSPS) is 10.1. The molecule has 2 aromatic rings. The molecule has 0 aliphatic rings. The van der Waals surface area contributed by atoms with E-state index in [4.69, 9.17) is 0 Å². The van der Waals surface area contributed by atoms with Gasteiger partial charge in [-0.15, -0.1) is 0 Å². The first-order chi connectivity index (χ1) is 7.72. The van der Waals surface area contributed by atoms with Gasteiger partial charge in [-0.25, -0.2) is 0 Å². The lowest BCUT2D eigenvalue weighted by atomic mass is 10.2. The highest BCUT2D eigenvalue weighted by molar-refractivity contribution is 7.09. The van der Waals surface area contributed by atoms with Crippen molar-refractivity contribution < 1.29 is 4.92 Å². The van der Waals surface area contributed by atoms with Crippen LogP contribution in [-0.4, -0.2) is 21.3 Å². The summed E-state index contributed by atoms with van der Waals surface area (Å²) in [5.74, 6) is 0.377. The van der Waals surface area contributed by atoms with Crippen molar-refractivity contribution in [2.45, 2.75) is 0 Å². The van der Waals surface area contributed by atoms with Gasteiger partial charge in [0, 0.05) is 24.6 Å². The Hall–Kier alpha value is -2.02. The molecule has 1 aromatic carbocycles. The third-order valence-corrected chi connectivity index (χ3v) is 2.71. The predicted molar refractivity (Wildman–Crippen MR) is 61.5 cm³/mol. The largest absolute Gasteiger partial charge is 0.363 e. The van der Waals surface area contributed by atoms with Crippen molar-refractivity contribution in [1.82, 2.24) is 9.36 Å². The Morgan fingerprint density at radius 1 is 1.44 bits per heavy atom. The molecule has 16 heavy (non-hydrogen) atoms. The van der Waals surface area contributed by atoms with Gasteiger partial charge in [-0.2, -0.15) is 9.36 Å². The molecule has 0 radical (unpaired) electrons. The summed E-state index contributed by atoms with van der Waals surface area (Å²) in [6.07, 6.45) is 0. The van der Waals surface area contributed by atoms with E-state index in [2.05, 4.69) is 14.7 Å². The van der Waals surface area contributed by atoms with Gasteiger partial charge in [0.15, 0.2) is 5.82 Å². The zero-order valence-corrected chi connectivity index (χ0v) is 9.19. The summed E-state index contributed by atoms with van der Waals surface area (Å²) >= 11 is 1.17. The summed E-state index contributed by atoms with van der Waals surface area (Å²) in [6, 6.07) is 6.42. The average Bonchev–Trinajstić information content (AvgIpc) is 2.77. The number of rotatable bonds is 3. The van der Waals surface area contributed by atoms with Crippen molar-refractivity contribution in [3.05, 3.63) is 34.4 Å². The number of nitrogens with one attached hydrogen (secondary N) is 1. The van der Waals surface area contributed by atoms with Gasteiger partial charge in [-0.1, -0.05) is 12.1 Å². The van der Waals surface area contributed by atoms with E-state index in [-0.39, 0.29) is 5.69 Å². The fourth-order valence-corrected chi connectivity index (χ4v) is 1.79. The minimum Gasteiger partial charge on any atom is -0.363 e. The molecule has 1 N–H and O–H groups in total. The van der Waals surface area contributed by atoms with E-state index in [1.165, 1.54) is 17.6 Å². The van der Waals surface area contributed by atoms with E-state index in [0.29, 0.717) is 16.5 Å². The number of nitrogens with zero attached hydrogens (tertiary/aromatic N) is 3. The smallest absolute Gasteiger partial charge is 0.280 e. The van der Waals surface area contributed by atoms with Crippen molar-refractivity contribution in [3.63, 3.8) is 0 Å². The van der Waals surface area contributed by atoms with Crippen molar-refractivity contribution in [3.8, 4) is 11.4 Å². The molecule has 2 rings (SSSR count). The second-order valence-electron chi connectivity index (χ2n) is 2.95. The summed E-state index contributed by atoms with van der Waals surface area (Å²) in [6.45, 7) is 0. The number of anilines is 1. The van der Waals surface area contributed by atoms with Crippen LogP contribution in [0.4, 0.5) is 10.8 Å². The lowest BCUT2D eigenvalue weighted by Gasteiger charge is -1.96. The Bertz CT molecular complexity index is 526. The predicted octanol–water partition coefficient (Wildman–Crippen LogP) is 2.16. The van der Waals surface area contributed by atoms with Crippen LogP contribution in [0.2, 0.25) is 0 Å². The quantitative estimate of drug-likeness (QED) is 0.652. The van der Waals surface area contributed by atoms with Crippen molar-refractivity contribution in [2.24, 2.45) is 0 Å². The molecular weight excluding hydrogens is 228 g/mol. The molecular formula is C9H8N4O2S. The van der Waals surface area contributed by atoms with Crippen molar-refractivity contribution in [2.75, 3.05) is 12.4 Å². The highest BCUT2D eigenvalue weighted by atomic mass is 32.1. The first kappa shape index (κ1) is 10.5.